The maximum Gasteiger partial charge on any atom is 0.244 e. The second-order valence-corrected chi connectivity index (χ2v) is 5.61. The summed E-state index contributed by atoms with van der Waals surface area (Å²) in [5.41, 5.74) is 5.88. The number of rotatable bonds is 3. The number of amides is 1. The molecule has 0 aliphatic heterocycles. The number of nitrogens with one attached hydrogen (secondary N) is 3. The highest BCUT2D eigenvalue weighted by atomic mass is 32.1. The molecule has 0 aliphatic carbocycles. The van der Waals surface area contributed by atoms with Gasteiger partial charge < -0.3 is 5.32 Å². The van der Waals surface area contributed by atoms with Crippen LogP contribution >= 0.6 is 23.6 Å². The van der Waals surface area contributed by atoms with Gasteiger partial charge in [-0.3, -0.25) is 15.6 Å². The van der Waals surface area contributed by atoms with E-state index in [1.807, 2.05) is 12.3 Å². The largest absolute Gasteiger partial charge is 0.329 e. The molecule has 1 aromatic carbocycles. The number of carbonyl (C=O) groups excluding carboxylic acids is 1. The fourth-order valence-corrected chi connectivity index (χ4v) is 2.31. The fourth-order valence-electron chi connectivity index (χ4n) is 1.54. The molecule has 0 radical (unpaired) electrons. The number of hydrazine groups is 1. The van der Waals surface area contributed by atoms with Crippen molar-refractivity contribution in [1.29, 1.82) is 0 Å². The molecule has 5 nitrogen and oxygen atoms in total. The highest BCUT2D eigenvalue weighted by molar-refractivity contribution is 7.80. The Bertz CT molecular complexity index is 659. The average Bonchev–Trinajstić information content (AvgIpc) is 2.84. The van der Waals surface area contributed by atoms with Gasteiger partial charge in [0.25, 0.3) is 0 Å². The Morgan fingerprint density at radius 3 is 2.81 bits per heavy atom. The number of para-hydroxylation sites is 1. The van der Waals surface area contributed by atoms with Gasteiger partial charge in [-0.15, -0.1) is 11.3 Å². The maximum absolute atomic E-state index is 13.4. The quantitative estimate of drug-likeness (QED) is 0.596. The smallest absolute Gasteiger partial charge is 0.244 e. The third kappa shape index (κ3) is 4.76. The van der Waals surface area contributed by atoms with Gasteiger partial charge in [0.2, 0.25) is 5.91 Å². The third-order valence-corrected chi connectivity index (χ3v) is 3.47. The van der Waals surface area contributed by atoms with Gasteiger partial charge in [-0.1, -0.05) is 12.1 Å². The number of benzene rings is 1. The summed E-state index contributed by atoms with van der Waals surface area (Å²) in [4.78, 5) is 15.9. The van der Waals surface area contributed by atoms with E-state index in [-0.39, 0.29) is 23.1 Å². The lowest BCUT2D eigenvalue weighted by molar-refractivity contribution is -0.121. The lowest BCUT2D eigenvalue weighted by Gasteiger charge is -2.11. The van der Waals surface area contributed by atoms with Crippen LogP contribution in [0.3, 0.4) is 0 Å². The van der Waals surface area contributed by atoms with Crippen LogP contribution < -0.4 is 16.2 Å². The van der Waals surface area contributed by atoms with Crippen molar-refractivity contribution in [1.82, 2.24) is 15.8 Å². The minimum Gasteiger partial charge on any atom is -0.329 e. The maximum atomic E-state index is 13.4. The van der Waals surface area contributed by atoms with Crippen molar-refractivity contribution in [3.8, 4) is 0 Å². The van der Waals surface area contributed by atoms with Crippen LogP contribution in [0.1, 0.15) is 10.7 Å². The molecule has 21 heavy (non-hydrogen) atoms. The average molecular weight is 324 g/mol. The van der Waals surface area contributed by atoms with Crippen LogP contribution in [-0.2, 0) is 11.2 Å². The van der Waals surface area contributed by atoms with Gasteiger partial charge in [0.05, 0.1) is 22.8 Å². The third-order valence-electron chi connectivity index (χ3n) is 2.45. The molecule has 3 N–H and O–H groups in total. The van der Waals surface area contributed by atoms with Crippen LogP contribution in [0.15, 0.2) is 29.6 Å². The van der Waals surface area contributed by atoms with E-state index in [0.717, 1.165) is 5.01 Å². The van der Waals surface area contributed by atoms with Gasteiger partial charge in [-0.05, 0) is 31.3 Å². The van der Waals surface area contributed by atoms with Crippen LogP contribution in [0.4, 0.5) is 10.1 Å². The molecule has 0 bridgehead atoms. The molecule has 2 aromatic rings. The number of nitrogens with zero attached hydrogens (tertiary/aromatic N) is 1. The zero-order chi connectivity index (χ0) is 15.2. The van der Waals surface area contributed by atoms with E-state index >= 15 is 0 Å². The van der Waals surface area contributed by atoms with Crippen LogP contribution in [0.5, 0.6) is 0 Å². The Labute approximate surface area is 130 Å². The predicted molar refractivity (Wildman–Crippen MR) is 84.5 cm³/mol. The highest BCUT2D eigenvalue weighted by Gasteiger charge is 2.07. The van der Waals surface area contributed by atoms with E-state index in [2.05, 4.69) is 21.2 Å². The first kappa shape index (κ1) is 15.3. The summed E-state index contributed by atoms with van der Waals surface area (Å²) in [6, 6.07) is 6.11. The molecule has 2 rings (SSSR count). The number of halogens is 1. The number of hydrogen-bond donors (Lipinski definition) is 3. The van der Waals surface area contributed by atoms with E-state index in [0.29, 0.717) is 5.69 Å². The lowest BCUT2D eigenvalue weighted by Crippen LogP contribution is -2.44. The number of hydrogen-bond acceptors (Lipinski definition) is 4. The second-order valence-electron chi connectivity index (χ2n) is 4.14. The van der Waals surface area contributed by atoms with Crippen LogP contribution in [0, 0.1) is 12.7 Å². The molecule has 0 unspecified atom stereocenters. The number of thiazole rings is 1. The summed E-state index contributed by atoms with van der Waals surface area (Å²) >= 11 is 6.45. The van der Waals surface area contributed by atoms with Crippen molar-refractivity contribution < 1.29 is 9.18 Å². The molecule has 0 saturated carbocycles. The molecule has 8 heteroatoms. The standard InChI is InChI=1S/C13H13FN4OS2/c1-8-15-9(7-21-8)6-12(19)17-18-13(20)16-11-5-3-2-4-10(11)14/h2-5,7H,6H2,1H3,(H,17,19)(H2,16,18,20). The van der Waals surface area contributed by atoms with Gasteiger partial charge in [0.1, 0.15) is 5.82 Å². The summed E-state index contributed by atoms with van der Waals surface area (Å²) in [6.07, 6.45) is 0.152. The molecule has 1 aromatic heterocycles. The van der Waals surface area contributed by atoms with E-state index in [9.17, 15) is 9.18 Å². The summed E-state index contributed by atoms with van der Waals surface area (Å²) in [5.74, 6) is -0.705. The molecule has 1 heterocycles. The Kier molecular flexibility index (Phi) is 5.18. The molecule has 0 aliphatic rings. The summed E-state index contributed by atoms with van der Waals surface area (Å²) in [6.45, 7) is 1.87. The highest BCUT2D eigenvalue weighted by Crippen LogP contribution is 2.11. The van der Waals surface area contributed by atoms with E-state index in [4.69, 9.17) is 12.2 Å². The minimum atomic E-state index is -0.425. The molecule has 110 valence electrons. The van der Waals surface area contributed by atoms with Crippen molar-refractivity contribution in [2.45, 2.75) is 13.3 Å². The number of aryl methyl sites for hydroxylation is 1. The monoisotopic (exact) mass is 324 g/mol. The molecule has 0 fully saturated rings. The molecule has 0 saturated heterocycles. The van der Waals surface area contributed by atoms with Gasteiger partial charge in [-0.25, -0.2) is 9.37 Å². The zero-order valence-corrected chi connectivity index (χ0v) is 12.8. The van der Waals surface area contributed by atoms with Crippen LogP contribution in [0.25, 0.3) is 0 Å². The first-order chi connectivity index (χ1) is 10.0. The van der Waals surface area contributed by atoms with Gasteiger partial charge in [0, 0.05) is 5.38 Å². The summed E-state index contributed by atoms with van der Waals surface area (Å²) < 4.78 is 13.4. The Balaban J connectivity index is 1.78. The Morgan fingerprint density at radius 2 is 2.14 bits per heavy atom. The van der Waals surface area contributed by atoms with Gasteiger partial charge in [-0.2, -0.15) is 0 Å². The van der Waals surface area contributed by atoms with Crippen LogP contribution in [0.2, 0.25) is 0 Å². The summed E-state index contributed by atoms with van der Waals surface area (Å²) in [5, 5.41) is 5.48. The summed E-state index contributed by atoms with van der Waals surface area (Å²) in [7, 11) is 0. The molecule has 1 amide bonds. The lowest BCUT2D eigenvalue weighted by atomic mass is 10.3. The minimum absolute atomic E-state index is 0.0999. The number of thiocarbonyl (C=S) groups is 1. The number of aromatic nitrogens is 1. The van der Waals surface area contributed by atoms with Crippen molar-refractivity contribution in [3.63, 3.8) is 0 Å². The van der Waals surface area contributed by atoms with Crippen molar-refractivity contribution >= 4 is 40.3 Å². The molecule has 0 atom stereocenters. The van der Waals surface area contributed by atoms with Gasteiger partial charge in [0.15, 0.2) is 5.11 Å². The Hall–Kier alpha value is -2.06. The van der Waals surface area contributed by atoms with E-state index in [1.165, 1.54) is 17.4 Å². The fraction of sp³-hybridized carbons (Fsp3) is 0.154. The predicted octanol–water partition coefficient (Wildman–Crippen LogP) is 2.15. The van der Waals surface area contributed by atoms with E-state index < -0.39 is 5.82 Å². The first-order valence-electron chi connectivity index (χ1n) is 6.06. The van der Waals surface area contributed by atoms with Crippen molar-refractivity contribution in [3.05, 3.63) is 46.2 Å². The van der Waals surface area contributed by atoms with Crippen LogP contribution in [-0.4, -0.2) is 16.0 Å². The molecule has 0 spiro atoms. The molecular weight excluding hydrogens is 311 g/mol. The van der Waals surface area contributed by atoms with Crippen molar-refractivity contribution in [2.24, 2.45) is 0 Å². The SMILES string of the molecule is Cc1nc(CC(=O)NNC(=S)Nc2ccccc2F)cs1. The number of carbonyl (C=O) groups is 1. The normalized spacial score (nSPS) is 10.0. The number of anilines is 1. The first-order valence-corrected chi connectivity index (χ1v) is 7.35. The van der Waals surface area contributed by atoms with Crippen molar-refractivity contribution in [2.75, 3.05) is 5.32 Å². The zero-order valence-electron chi connectivity index (χ0n) is 11.1. The Morgan fingerprint density at radius 1 is 1.38 bits per heavy atom. The topological polar surface area (TPSA) is 66.0 Å². The van der Waals surface area contributed by atoms with Gasteiger partial charge >= 0.3 is 0 Å². The molecular formula is C13H13FN4OS2. The second kappa shape index (κ2) is 7.09. The van der Waals surface area contributed by atoms with E-state index in [1.54, 1.807) is 18.2 Å².